The van der Waals surface area contributed by atoms with Gasteiger partial charge < -0.3 is 24.0 Å². The molecule has 3 aliphatic heterocycles. The van der Waals surface area contributed by atoms with Gasteiger partial charge in [0, 0.05) is 43.3 Å². The first-order valence-corrected chi connectivity index (χ1v) is 19.1. The molecule has 0 unspecified atom stereocenters. The smallest absolute Gasteiger partial charge is 0.330 e. The highest BCUT2D eigenvalue weighted by Crippen LogP contribution is 2.45. The number of nitrogens with zero attached hydrogens (tertiary/aromatic N) is 3. The lowest BCUT2D eigenvalue weighted by molar-refractivity contribution is -0.00645. The number of methoxy groups -OCH3 is 2. The number of anilines is 1. The number of allylic oxidation sites excluding steroid dienone is 1. The number of urea groups is 1. The van der Waals surface area contributed by atoms with Gasteiger partial charge in [0.05, 0.1) is 43.3 Å². The van der Waals surface area contributed by atoms with E-state index < -0.39 is 21.9 Å². The van der Waals surface area contributed by atoms with Gasteiger partial charge in [-0.2, -0.15) is 0 Å². The summed E-state index contributed by atoms with van der Waals surface area (Å²) in [5.41, 5.74) is 3.38. The van der Waals surface area contributed by atoms with Gasteiger partial charge in [0.15, 0.2) is 0 Å². The third-order valence-corrected chi connectivity index (χ3v) is 12.3. The lowest BCUT2D eigenvalue weighted by Gasteiger charge is -2.41. The Kier molecular flexibility index (Phi) is 10.7. The topological polar surface area (TPSA) is 110 Å². The van der Waals surface area contributed by atoms with Crippen LogP contribution in [0.3, 0.4) is 0 Å². The molecule has 4 aliphatic rings. The molecule has 1 fully saturated rings. The largest absolute Gasteiger partial charge is 0.490 e. The fourth-order valence-corrected chi connectivity index (χ4v) is 9.18. The molecule has 3 heterocycles. The molecule has 4 atom stereocenters. The van der Waals surface area contributed by atoms with Crippen molar-refractivity contribution in [2.24, 2.45) is 10.3 Å². The minimum Gasteiger partial charge on any atom is -0.490 e. The molecule has 6 rings (SSSR count). The number of carbonyl (C=O) groups is 2. The van der Waals surface area contributed by atoms with Crippen LogP contribution in [0.15, 0.2) is 52.9 Å². The number of rotatable bonds is 4. The molecule has 260 valence electrons. The van der Waals surface area contributed by atoms with Gasteiger partial charge in [0.2, 0.25) is 0 Å². The molecule has 0 aromatic heterocycles. The van der Waals surface area contributed by atoms with E-state index in [2.05, 4.69) is 39.1 Å². The maximum absolute atomic E-state index is 14.2. The maximum Gasteiger partial charge on any atom is 0.330 e. The predicted octanol–water partition coefficient (Wildman–Crippen LogP) is 6.16. The first-order valence-electron chi connectivity index (χ1n) is 17.0. The van der Waals surface area contributed by atoms with Gasteiger partial charge in [0.25, 0.3) is 5.91 Å². The second kappa shape index (κ2) is 14.8. The fraction of sp³-hybridized carbons (Fsp3) is 0.556. The Bertz CT molecular complexity index is 1670. The van der Waals surface area contributed by atoms with Gasteiger partial charge in [-0.25, -0.2) is 9.00 Å². The van der Waals surface area contributed by atoms with Crippen molar-refractivity contribution in [2.75, 3.05) is 57.7 Å². The van der Waals surface area contributed by atoms with Crippen LogP contribution in [-0.4, -0.2) is 86.0 Å². The van der Waals surface area contributed by atoms with Crippen LogP contribution in [0.4, 0.5) is 10.5 Å². The van der Waals surface area contributed by atoms with Gasteiger partial charge in [-0.05, 0) is 85.9 Å². The molecule has 1 spiro atoms. The molecule has 0 radical (unpaired) electrons. The van der Waals surface area contributed by atoms with Gasteiger partial charge in [-0.15, -0.1) is 4.36 Å². The molecule has 2 bridgehead atoms. The Balaban J connectivity index is 1.39. The number of aryl methyl sites for hydroxylation is 1. The molecule has 2 aromatic carbocycles. The molecular formula is C36H47ClN4O6S. The highest BCUT2D eigenvalue weighted by molar-refractivity contribution is 7.92. The number of nitrogens with one attached hydrogen (secondary N) is 1. The number of carbonyl (C=O) groups excluding carboxylic acids is 2. The molecule has 2 aromatic rings. The second-order valence-corrected chi connectivity index (χ2v) is 16.1. The average molecular weight is 699 g/mol. The summed E-state index contributed by atoms with van der Waals surface area (Å²) < 4.78 is 38.8. The van der Waals surface area contributed by atoms with Crippen molar-refractivity contribution in [3.05, 3.63) is 70.3 Å². The van der Waals surface area contributed by atoms with E-state index in [1.54, 1.807) is 20.3 Å². The standard InChI is InChI=1S/C36H47ClN4O6S/c1-4-25-17-29(45-2)10-6-5-7-16-48(44,39-35(43)40-21-30(22-40)46-3)38-34(42)27-11-14-33-32(19-27)41(20-25)23-36(24-47-33)15-8-9-26-18-28(37)12-13-31(26)36/h6,10-14,18-19,25,29-30H,4-5,7-9,15-17,20-24H2,1-3H3,(H,38,39,42,43,44)/b10-6+/t25-,29+,36+,48+/m1/s1. The molecule has 1 aliphatic carbocycles. The van der Waals surface area contributed by atoms with Crippen LogP contribution in [0.2, 0.25) is 5.02 Å². The van der Waals surface area contributed by atoms with E-state index in [1.807, 2.05) is 24.3 Å². The summed E-state index contributed by atoms with van der Waals surface area (Å²) in [6.07, 6.45) is 9.81. The van der Waals surface area contributed by atoms with Gasteiger partial charge in [0.1, 0.15) is 15.7 Å². The number of benzene rings is 2. The summed E-state index contributed by atoms with van der Waals surface area (Å²) in [5.74, 6) is 0.411. The monoisotopic (exact) mass is 698 g/mol. The summed E-state index contributed by atoms with van der Waals surface area (Å²) in [6, 6.07) is 11.0. The van der Waals surface area contributed by atoms with E-state index in [0.29, 0.717) is 56.3 Å². The quantitative estimate of drug-likeness (QED) is 0.381. The van der Waals surface area contributed by atoms with Crippen molar-refractivity contribution >= 4 is 39.1 Å². The number of fused-ring (bicyclic) bond motifs is 3. The number of hydrogen-bond acceptors (Lipinski definition) is 7. The summed E-state index contributed by atoms with van der Waals surface area (Å²) in [5, 5.41) is 0.738. The van der Waals surface area contributed by atoms with E-state index >= 15 is 0 Å². The number of amides is 3. The normalized spacial score (nSPS) is 28.8. The third-order valence-electron chi connectivity index (χ3n) is 10.3. The number of likely N-dealkylation sites (tertiary alicyclic amines) is 1. The first kappa shape index (κ1) is 34.7. The highest BCUT2D eigenvalue weighted by Gasteiger charge is 2.42. The Morgan fingerprint density at radius 1 is 1.15 bits per heavy atom. The van der Waals surface area contributed by atoms with E-state index in [9.17, 15) is 13.8 Å². The van der Waals surface area contributed by atoms with Crippen LogP contribution in [0.5, 0.6) is 5.75 Å². The average Bonchev–Trinajstić information content (AvgIpc) is 3.19. The minimum atomic E-state index is -3.42. The van der Waals surface area contributed by atoms with Crippen LogP contribution in [-0.2, 0) is 31.2 Å². The Morgan fingerprint density at radius 2 is 1.98 bits per heavy atom. The number of ether oxygens (including phenoxy) is 3. The van der Waals surface area contributed by atoms with Crippen molar-refractivity contribution in [3.8, 4) is 5.75 Å². The third kappa shape index (κ3) is 7.54. The molecule has 3 amide bonds. The van der Waals surface area contributed by atoms with Crippen molar-refractivity contribution in [1.29, 1.82) is 0 Å². The lowest BCUT2D eigenvalue weighted by Crippen LogP contribution is -2.58. The van der Waals surface area contributed by atoms with Crippen LogP contribution < -0.4 is 14.4 Å². The van der Waals surface area contributed by atoms with Crippen molar-refractivity contribution < 1.29 is 28.0 Å². The molecular weight excluding hydrogens is 652 g/mol. The molecule has 1 N–H and O–H groups in total. The fourth-order valence-electron chi connectivity index (χ4n) is 7.42. The van der Waals surface area contributed by atoms with Crippen LogP contribution in [0.1, 0.15) is 66.9 Å². The van der Waals surface area contributed by atoms with Gasteiger partial charge >= 0.3 is 6.03 Å². The van der Waals surface area contributed by atoms with Crippen LogP contribution in [0, 0.1) is 5.92 Å². The summed E-state index contributed by atoms with van der Waals surface area (Å²) >= 11 is 6.44. The molecule has 12 heteroatoms. The SMILES string of the molecule is CC[C@@H]1C[C@@H](OC)/C=C/CCC[S@@](=O)(NC(=O)N2CC(OC)C2)=NC(=O)c2ccc3c(c2)N(C1)C[C@@]1(CCCc2cc(Cl)ccc21)CO3. The molecule has 0 saturated carbocycles. The molecule has 48 heavy (non-hydrogen) atoms. The molecule has 10 nitrogen and oxygen atoms in total. The number of halogens is 1. The Labute approximate surface area is 289 Å². The second-order valence-electron chi connectivity index (χ2n) is 13.6. The van der Waals surface area contributed by atoms with Crippen LogP contribution in [0.25, 0.3) is 0 Å². The summed E-state index contributed by atoms with van der Waals surface area (Å²) in [7, 11) is -0.0929. The number of hydrogen-bond donors (Lipinski definition) is 1. The van der Waals surface area contributed by atoms with Crippen molar-refractivity contribution in [1.82, 2.24) is 9.62 Å². The zero-order valence-electron chi connectivity index (χ0n) is 28.1. The summed E-state index contributed by atoms with van der Waals surface area (Å²) in [6.45, 7) is 4.95. The van der Waals surface area contributed by atoms with Gasteiger partial charge in [-0.1, -0.05) is 43.2 Å². The van der Waals surface area contributed by atoms with Gasteiger partial charge in [-0.3, -0.25) is 9.52 Å². The van der Waals surface area contributed by atoms with Crippen molar-refractivity contribution in [2.45, 2.75) is 69.5 Å². The minimum absolute atomic E-state index is 0.0394. The Hall–Kier alpha value is -3.12. The predicted molar refractivity (Wildman–Crippen MR) is 188 cm³/mol. The van der Waals surface area contributed by atoms with E-state index in [4.69, 9.17) is 25.8 Å². The highest BCUT2D eigenvalue weighted by atomic mass is 35.5. The first-order chi connectivity index (χ1) is 23.1. The Morgan fingerprint density at radius 3 is 2.75 bits per heavy atom. The molecule has 1 saturated heterocycles. The zero-order valence-corrected chi connectivity index (χ0v) is 29.7. The van der Waals surface area contributed by atoms with Crippen LogP contribution >= 0.6 is 11.6 Å². The van der Waals surface area contributed by atoms with Crippen molar-refractivity contribution in [3.63, 3.8) is 0 Å². The summed E-state index contributed by atoms with van der Waals surface area (Å²) in [4.78, 5) is 30.7. The maximum atomic E-state index is 14.2. The lowest BCUT2D eigenvalue weighted by atomic mass is 9.70. The van der Waals surface area contributed by atoms with E-state index in [1.165, 1.54) is 16.0 Å². The zero-order chi connectivity index (χ0) is 33.9. The van der Waals surface area contributed by atoms with E-state index in [0.717, 1.165) is 49.4 Å². The van der Waals surface area contributed by atoms with E-state index in [-0.39, 0.29) is 23.4 Å².